The fourth-order valence-corrected chi connectivity index (χ4v) is 3.75. The number of aryl methyl sites for hydroxylation is 1. The third kappa shape index (κ3) is 3.35. The van der Waals surface area contributed by atoms with Gasteiger partial charge < -0.3 is 14.8 Å². The average Bonchev–Trinajstić information content (AvgIpc) is 3.01. The van der Waals surface area contributed by atoms with Gasteiger partial charge in [-0.2, -0.15) is 0 Å². The lowest BCUT2D eigenvalue weighted by Gasteiger charge is -2.30. The van der Waals surface area contributed by atoms with Crippen LogP contribution in [0.5, 0.6) is 0 Å². The molecule has 2 fully saturated rings. The summed E-state index contributed by atoms with van der Waals surface area (Å²) in [4.78, 5) is 7.16. The Morgan fingerprint density at radius 1 is 1.25 bits per heavy atom. The molecule has 4 heteroatoms. The second kappa shape index (κ2) is 6.17. The Balaban J connectivity index is 1.65. The number of imidazole rings is 1. The molecular weight excluding hydrogens is 248 g/mol. The largest absolute Gasteiger partial charge is 0.353 e. The highest BCUT2D eigenvalue weighted by atomic mass is 15.2. The van der Waals surface area contributed by atoms with E-state index in [0.29, 0.717) is 6.04 Å². The molecule has 0 bridgehead atoms. The van der Waals surface area contributed by atoms with Crippen LogP contribution in [0.1, 0.15) is 44.2 Å². The van der Waals surface area contributed by atoms with Crippen LogP contribution in [0.15, 0.2) is 6.20 Å². The molecule has 2 heterocycles. The summed E-state index contributed by atoms with van der Waals surface area (Å²) < 4.78 is 2.36. The molecule has 0 spiro atoms. The van der Waals surface area contributed by atoms with Crippen LogP contribution in [0.25, 0.3) is 0 Å². The zero-order valence-corrected chi connectivity index (χ0v) is 12.9. The van der Waals surface area contributed by atoms with Gasteiger partial charge in [0, 0.05) is 25.3 Å². The zero-order valence-electron chi connectivity index (χ0n) is 12.9. The lowest BCUT2D eigenvalue weighted by molar-refractivity contribution is 0.195. The number of hydrogen-bond donors (Lipinski definition) is 1. The number of likely N-dealkylation sites (tertiary alicyclic amines) is 1. The van der Waals surface area contributed by atoms with Gasteiger partial charge in [0.05, 0.1) is 5.69 Å². The van der Waals surface area contributed by atoms with Gasteiger partial charge in [-0.3, -0.25) is 0 Å². The Morgan fingerprint density at radius 3 is 2.80 bits per heavy atom. The maximum Gasteiger partial charge on any atom is 0.203 e. The smallest absolute Gasteiger partial charge is 0.203 e. The Labute approximate surface area is 122 Å². The summed E-state index contributed by atoms with van der Waals surface area (Å²) in [6, 6.07) is 0.643. The lowest BCUT2D eigenvalue weighted by atomic mass is 9.98. The monoisotopic (exact) mass is 276 g/mol. The highest BCUT2D eigenvalue weighted by molar-refractivity contribution is 5.30. The fraction of sp³-hybridized carbons (Fsp3) is 0.812. The molecule has 0 aromatic carbocycles. The molecule has 112 valence electrons. The first-order valence-corrected chi connectivity index (χ1v) is 8.19. The Kier molecular flexibility index (Phi) is 4.29. The summed E-state index contributed by atoms with van der Waals surface area (Å²) in [5, 5.41) is 3.67. The van der Waals surface area contributed by atoms with Crippen LogP contribution in [0.3, 0.4) is 0 Å². The van der Waals surface area contributed by atoms with Gasteiger partial charge in [0.15, 0.2) is 0 Å². The van der Waals surface area contributed by atoms with Crippen molar-refractivity contribution in [3.05, 3.63) is 11.9 Å². The predicted molar refractivity (Wildman–Crippen MR) is 83.1 cm³/mol. The van der Waals surface area contributed by atoms with Crippen LogP contribution >= 0.6 is 0 Å². The van der Waals surface area contributed by atoms with Crippen molar-refractivity contribution >= 4 is 5.95 Å². The van der Waals surface area contributed by atoms with Crippen LogP contribution in [0.4, 0.5) is 5.95 Å². The summed E-state index contributed by atoms with van der Waals surface area (Å²) in [5.41, 5.74) is 1.13. The first-order valence-electron chi connectivity index (χ1n) is 8.19. The Morgan fingerprint density at radius 2 is 2.05 bits per heavy atom. The van der Waals surface area contributed by atoms with Crippen LogP contribution in [0.2, 0.25) is 0 Å². The summed E-state index contributed by atoms with van der Waals surface area (Å²) >= 11 is 0. The van der Waals surface area contributed by atoms with Gasteiger partial charge in [0.2, 0.25) is 5.95 Å². The molecule has 0 amide bonds. The number of hydrogen-bond acceptors (Lipinski definition) is 3. The van der Waals surface area contributed by atoms with E-state index in [9.17, 15) is 0 Å². The molecule has 20 heavy (non-hydrogen) atoms. The van der Waals surface area contributed by atoms with E-state index in [-0.39, 0.29) is 0 Å². The first-order chi connectivity index (χ1) is 9.70. The van der Waals surface area contributed by atoms with E-state index in [1.54, 1.807) is 0 Å². The number of rotatable bonds is 4. The minimum Gasteiger partial charge on any atom is -0.353 e. The van der Waals surface area contributed by atoms with Gasteiger partial charge in [0.1, 0.15) is 0 Å². The van der Waals surface area contributed by atoms with Gasteiger partial charge in [-0.15, -0.1) is 0 Å². The second-order valence-electron chi connectivity index (χ2n) is 6.75. The van der Waals surface area contributed by atoms with Crippen LogP contribution < -0.4 is 5.32 Å². The fourth-order valence-electron chi connectivity index (χ4n) is 3.75. The van der Waals surface area contributed by atoms with E-state index in [4.69, 9.17) is 4.98 Å². The number of nitrogens with zero attached hydrogens (tertiary/aromatic N) is 3. The summed E-state index contributed by atoms with van der Waals surface area (Å²) in [5.74, 6) is 1.87. The third-order valence-electron chi connectivity index (χ3n) is 4.76. The van der Waals surface area contributed by atoms with Crippen molar-refractivity contribution < 1.29 is 0 Å². The highest BCUT2D eigenvalue weighted by Crippen LogP contribution is 2.24. The molecule has 1 aromatic heterocycles. The van der Waals surface area contributed by atoms with Crippen LogP contribution in [-0.2, 0) is 6.54 Å². The van der Waals surface area contributed by atoms with Crippen molar-refractivity contribution in [2.24, 2.45) is 5.92 Å². The SMILES string of the molecule is Cc1cn(CC2CCCN(C)C2)c(NC2CCCC2)n1. The van der Waals surface area contributed by atoms with Gasteiger partial charge >= 0.3 is 0 Å². The van der Waals surface area contributed by atoms with Gasteiger partial charge in [-0.05, 0) is 52.1 Å². The van der Waals surface area contributed by atoms with Crippen molar-refractivity contribution in [2.75, 3.05) is 25.5 Å². The maximum absolute atomic E-state index is 4.70. The van der Waals surface area contributed by atoms with E-state index >= 15 is 0 Å². The van der Waals surface area contributed by atoms with Crippen LogP contribution in [0, 0.1) is 12.8 Å². The van der Waals surface area contributed by atoms with Gasteiger partial charge in [0.25, 0.3) is 0 Å². The minimum atomic E-state index is 0.643. The third-order valence-corrected chi connectivity index (χ3v) is 4.76. The summed E-state index contributed by atoms with van der Waals surface area (Å²) in [6.07, 6.45) is 10.2. The van der Waals surface area contributed by atoms with E-state index in [2.05, 4.69) is 35.0 Å². The number of nitrogens with one attached hydrogen (secondary N) is 1. The van der Waals surface area contributed by atoms with Crippen molar-refractivity contribution in [2.45, 2.75) is 58.0 Å². The molecule has 4 nitrogen and oxygen atoms in total. The molecule has 1 unspecified atom stereocenters. The van der Waals surface area contributed by atoms with E-state index in [1.807, 2.05) is 0 Å². The topological polar surface area (TPSA) is 33.1 Å². The molecule has 1 aliphatic heterocycles. The molecule has 1 aromatic rings. The quantitative estimate of drug-likeness (QED) is 0.918. The number of piperidine rings is 1. The van der Waals surface area contributed by atoms with E-state index in [0.717, 1.165) is 24.1 Å². The predicted octanol–water partition coefficient (Wildman–Crippen LogP) is 2.89. The first kappa shape index (κ1) is 13.9. The number of anilines is 1. The minimum absolute atomic E-state index is 0.643. The van der Waals surface area contributed by atoms with Crippen molar-refractivity contribution in [1.82, 2.24) is 14.5 Å². The van der Waals surface area contributed by atoms with E-state index < -0.39 is 0 Å². The standard InChI is InChI=1S/C16H28N4/c1-13-10-20(12-14-6-5-9-19(2)11-14)16(17-13)18-15-7-3-4-8-15/h10,14-15H,3-9,11-12H2,1-2H3,(H,17,18). The normalized spacial score (nSPS) is 25.2. The molecule has 3 rings (SSSR count). The molecule has 1 saturated heterocycles. The Bertz CT molecular complexity index is 434. The van der Waals surface area contributed by atoms with Crippen LogP contribution in [-0.4, -0.2) is 40.6 Å². The van der Waals surface area contributed by atoms with Crippen molar-refractivity contribution in [1.29, 1.82) is 0 Å². The Hall–Kier alpha value is -1.03. The molecule has 1 atom stereocenters. The molecule has 1 saturated carbocycles. The highest BCUT2D eigenvalue weighted by Gasteiger charge is 2.21. The summed E-state index contributed by atoms with van der Waals surface area (Å²) in [7, 11) is 2.24. The van der Waals surface area contributed by atoms with Crippen molar-refractivity contribution in [3.8, 4) is 0 Å². The number of aromatic nitrogens is 2. The molecule has 1 aliphatic carbocycles. The van der Waals surface area contributed by atoms with Crippen molar-refractivity contribution in [3.63, 3.8) is 0 Å². The molecule has 2 aliphatic rings. The van der Waals surface area contributed by atoms with E-state index in [1.165, 1.54) is 51.6 Å². The average molecular weight is 276 g/mol. The molecular formula is C16H28N4. The zero-order chi connectivity index (χ0) is 13.9. The molecule has 1 N–H and O–H groups in total. The summed E-state index contributed by atoms with van der Waals surface area (Å²) in [6.45, 7) is 5.69. The van der Waals surface area contributed by atoms with Gasteiger partial charge in [-0.25, -0.2) is 4.98 Å². The second-order valence-corrected chi connectivity index (χ2v) is 6.75. The lowest BCUT2D eigenvalue weighted by Crippen LogP contribution is -2.34. The molecule has 0 radical (unpaired) electrons. The van der Waals surface area contributed by atoms with Gasteiger partial charge in [-0.1, -0.05) is 12.8 Å². The maximum atomic E-state index is 4.70.